The van der Waals surface area contributed by atoms with Crippen LogP contribution in [-0.4, -0.2) is 70.0 Å². The van der Waals surface area contributed by atoms with Crippen LogP contribution in [0.4, 0.5) is 0 Å². The third kappa shape index (κ3) is 47.8. The summed E-state index contributed by atoms with van der Waals surface area (Å²) < 4.78 is 34.0. The molecule has 360 valence electrons. The Morgan fingerprint density at radius 3 is 1.36 bits per heavy atom. The lowest BCUT2D eigenvalue weighted by molar-refractivity contribution is -0.870. The zero-order valence-corrected chi connectivity index (χ0v) is 41.5. The Hall–Kier alpha value is -1.51. The molecule has 2 unspecified atom stereocenters. The monoisotopic (exact) mass is 884 g/mol. The quantitative estimate of drug-likeness (QED) is 0.0195. The van der Waals surface area contributed by atoms with E-state index in [2.05, 4.69) is 38.2 Å². The summed E-state index contributed by atoms with van der Waals surface area (Å²) in [5.74, 6) is -0.840. The first-order valence-electron chi connectivity index (χ1n) is 25.5. The van der Waals surface area contributed by atoms with Crippen LogP contribution < -0.4 is 4.89 Å². The van der Waals surface area contributed by atoms with Gasteiger partial charge in [-0.25, -0.2) is 0 Å². The molecule has 10 heteroatoms. The Bertz CT molecular complexity index is 1090. The zero-order valence-electron chi connectivity index (χ0n) is 40.6. The van der Waals surface area contributed by atoms with Crippen molar-refractivity contribution in [1.29, 1.82) is 0 Å². The summed E-state index contributed by atoms with van der Waals surface area (Å²) >= 11 is 0. The topological polar surface area (TPSA) is 111 Å². The van der Waals surface area contributed by atoms with Crippen LogP contribution in [0.25, 0.3) is 0 Å². The molecule has 61 heavy (non-hydrogen) atoms. The fourth-order valence-corrected chi connectivity index (χ4v) is 7.95. The molecule has 9 nitrogen and oxygen atoms in total. The van der Waals surface area contributed by atoms with E-state index in [-0.39, 0.29) is 32.0 Å². The van der Waals surface area contributed by atoms with Gasteiger partial charge in [0.1, 0.15) is 19.8 Å². The smallest absolute Gasteiger partial charge is 0.306 e. The van der Waals surface area contributed by atoms with Gasteiger partial charge >= 0.3 is 11.9 Å². The molecule has 0 N–H and O–H groups in total. The molecule has 0 fully saturated rings. The van der Waals surface area contributed by atoms with Gasteiger partial charge in [-0.1, -0.05) is 212 Å². The van der Waals surface area contributed by atoms with Crippen LogP contribution in [-0.2, 0) is 32.7 Å². The lowest BCUT2D eigenvalue weighted by Gasteiger charge is -2.28. The first kappa shape index (κ1) is 59.5. The van der Waals surface area contributed by atoms with E-state index in [1.54, 1.807) is 0 Å². The molecule has 2 atom stereocenters. The van der Waals surface area contributed by atoms with Crippen molar-refractivity contribution in [2.45, 2.75) is 245 Å². The molecule has 0 amide bonds. The fourth-order valence-electron chi connectivity index (χ4n) is 7.22. The molecule has 0 radical (unpaired) electrons. The minimum atomic E-state index is -4.63. The number of esters is 2. The largest absolute Gasteiger partial charge is 0.756 e. The zero-order chi connectivity index (χ0) is 45.0. The number of rotatable bonds is 47. The minimum Gasteiger partial charge on any atom is -0.756 e. The Morgan fingerprint density at radius 2 is 0.918 bits per heavy atom. The summed E-state index contributed by atoms with van der Waals surface area (Å²) in [5, 5.41) is 0. The second-order valence-electron chi connectivity index (χ2n) is 18.5. The van der Waals surface area contributed by atoms with Gasteiger partial charge in [-0.15, -0.1) is 0 Å². The second kappa shape index (κ2) is 43.7. The van der Waals surface area contributed by atoms with Crippen LogP contribution in [0.1, 0.15) is 239 Å². The van der Waals surface area contributed by atoms with Crippen LogP contribution in [0, 0.1) is 0 Å². The third-order valence-electron chi connectivity index (χ3n) is 11.2. The van der Waals surface area contributed by atoms with Crippen molar-refractivity contribution in [3.8, 4) is 0 Å². The van der Waals surface area contributed by atoms with Crippen molar-refractivity contribution in [1.82, 2.24) is 0 Å². The number of phosphoric acid groups is 1. The number of hydrogen-bond donors (Lipinski definition) is 0. The van der Waals surface area contributed by atoms with Gasteiger partial charge < -0.3 is 27.9 Å². The van der Waals surface area contributed by atoms with Crippen molar-refractivity contribution in [3.63, 3.8) is 0 Å². The normalized spacial score (nSPS) is 13.6. The molecule has 0 spiro atoms. The Kier molecular flexibility index (Phi) is 42.6. The predicted octanol–water partition coefficient (Wildman–Crippen LogP) is 14.5. The third-order valence-corrected chi connectivity index (χ3v) is 12.2. The Balaban J connectivity index is 4.13. The highest BCUT2D eigenvalue weighted by molar-refractivity contribution is 7.45. The summed E-state index contributed by atoms with van der Waals surface area (Å²) in [7, 11) is 1.16. The maximum absolute atomic E-state index is 12.7. The van der Waals surface area contributed by atoms with E-state index in [0.717, 1.165) is 64.2 Å². The SMILES string of the molecule is CCC/C=C\C/C=C\CCCCCCCC(=O)OC(COC(=O)CCCCCCCCCCCCCCCCCCCCCCCCCC)COP(=O)([O-])OCC[N+](C)(C)C. The van der Waals surface area contributed by atoms with Gasteiger partial charge in [0.05, 0.1) is 27.7 Å². The molecule has 0 heterocycles. The van der Waals surface area contributed by atoms with Crippen molar-refractivity contribution in [2.75, 3.05) is 47.5 Å². The molecule has 0 aliphatic heterocycles. The maximum Gasteiger partial charge on any atom is 0.306 e. The average molecular weight is 884 g/mol. The van der Waals surface area contributed by atoms with E-state index in [0.29, 0.717) is 17.4 Å². The van der Waals surface area contributed by atoms with Crippen molar-refractivity contribution >= 4 is 19.8 Å². The first-order chi connectivity index (χ1) is 29.5. The van der Waals surface area contributed by atoms with Gasteiger partial charge in [0.15, 0.2) is 6.10 Å². The molecule has 0 aliphatic carbocycles. The molecule has 0 aliphatic rings. The van der Waals surface area contributed by atoms with Crippen LogP contribution >= 0.6 is 7.82 Å². The number of carbonyl (C=O) groups is 2. The van der Waals surface area contributed by atoms with Gasteiger partial charge in [0.2, 0.25) is 0 Å². The standard InChI is InChI=1S/C51H98NO8P/c1-6-8-10-12-14-16-18-20-21-22-23-24-25-26-27-28-29-30-32-33-35-37-39-41-43-50(53)57-47-49(48-59-61(55,56)58-46-45-52(3,4)5)60-51(54)44-42-40-38-36-34-31-19-17-15-13-11-9-7-2/h11,13,17,19,49H,6-10,12,14-16,18,20-48H2,1-5H3/b13-11-,19-17-. The van der Waals surface area contributed by atoms with Crippen molar-refractivity contribution in [2.24, 2.45) is 0 Å². The van der Waals surface area contributed by atoms with Crippen molar-refractivity contribution in [3.05, 3.63) is 24.3 Å². The predicted molar refractivity (Wildman–Crippen MR) is 254 cm³/mol. The summed E-state index contributed by atoms with van der Waals surface area (Å²) in [6, 6.07) is 0. The van der Waals surface area contributed by atoms with E-state index in [4.69, 9.17) is 18.5 Å². The van der Waals surface area contributed by atoms with Gasteiger partial charge in [-0.2, -0.15) is 0 Å². The Morgan fingerprint density at radius 1 is 0.508 bits per heavy atom. The summed E-state index contributed by atoms with van der Waals surface area (Å²) in [6.45, 7) is 4.18. The number of allylic oxidation sites excluding steroid dienone is 4. The number of unbranched alkanes of at least 4 members (excludes halogenated alkanes) is 29. The average Bonchev–Trinajstić information content (AvgIpc) is 3.21. The molecule has 0 saturated carbocycles. The number of nitrogens with zero attached hydrogens (tertiary/aromatic N) is 1. The molecule has 0 bridgehead atoms. The number of ether oxygens (including phenoxy) is 2. The molecular formula is C51H98NO8P. The summed E-state index contributed by atoms with van der Waals surface area (Å²) in [6.07, 6.45) is 49.4. The number of hydrogen-bond acceptors (Lipinski definition) is 8. The molecule has 0 rings (SSSR count). The second-order valence-corrected chi connectivity index (χ2v) is 20.0. The maximum atomic E-state index is 12.7. The van der Waals surface area contributed by atoms with Crippen LogP contribution in [0.15, 0.2) is 24.3 Å². The van der Waals surface area contributed by atoms with E-state index < -0.39 is 26.5 Å². The molecule has 0 aromatic carbocycles. The Labute approximate surface area is 377 Å². The number of phosphoric ester groups is 1. The van der Waals surface area contributed by atoms with Gasteiger partial charge in [-0.05, 0) is 38.5 Å². The van der Waals surface area contributed by atoms with E-state index in [9.17, 15) is 19.0 Å². The first-order valence-corrected chi connectivity index (χ1v) is 27.0. The molecule has 0 aromatic heterocycles. The molecule has 0 aromatic rings. The fraction of sp³-hybridized carbons (Fsp3) is 0.882. The summed E-state index contributed by atoms with van der Waals surface area (Å²) in [5.41, 5.74) is 0. The lowest BCUT2D eigenvalue weighted by atomic mass is 10.0. The van der Waals surface area contributed by atoms with Crippen LogP contribution in [0.2, 0.25) is 0 Å². The van der Waals surface area contributed by atoms with E-state index in [1.165, 1.54) is 141 Å². The molecular weight excluding hydrogens is 786 g/mol. The number of quaternary nitrogens is 1. The van der Waals surface area contributed by atoms with Crippen LogP contribution in [0.3, 0.4) is 0 Å². The minimum absolute atomic E-state index is 0.0318. The lowest BCUT2D eigenvalue weighted by Crippen LogP contribution is -2.37. The highest BCUT2D eigenvalue weighted by Crippen LogP contribution is 2.38. The van der Waals surface area contributed by atoms with Gasteiger partial charge in [0.25, 0.3) is 7.82 Å². The van der Waals surface area contributed by atoms with E-state index in [1.807, 2.05) is 21.1 Å². The van der Waals surface area contributed by atoms with Crippen molar-refractivity contribution < 1.29 is 42.1 Å². The highest BCUT2D eigenvalue weighted by atomic mass is 31.2. The van der Waals surface area contributed by atoms with Gasteiger partial charge in [-0.3, -0.25) is 14.2 Å². The number of likely N-dealkylation sites (N-methyl/N-ethyl adjacent to an activating group) is 1. The summed E-state index contributed by atoms with van der Waals surface area (Å²) in [4.78, 5) is 37.6. The van der Waals surface area contributed by atoms with E-state index >= 15 is 0 Å². The van der Waals surface area contributed by atoms with Crippen LogP contribution in [0.5, 0.6) is 0 Å². The highest BCUT2D eigenvalue weighted by Gasteiger charge is 2.21. The molecule has 0 saturated heterocycles. The number of carbonyl (C=O) groups excluding carboxylic acids is 2. The van der Waals surface area contributed by atoms with Gasteiger partial charge in [0, 0.05) is 12.8 Å².